The summed E-state index contributed by atoms with van der Waals surface area (Å²) in [6.45, 7) is 3.04. The number of piperazine rings is 1. The Bertz CT molecular complexity index is 1100. The summed E-state index contributed by atoms with van der Waals surface area (Å²) in [6, 6.07) is 16.1. The van der Waals surface area contributed by atoms with Crippen molar-refractivity contribution in [1.29, 1.82) is 0 Å². The minimum absolute atomic E-state index is 0. The van der Waals surface area contributed by atoms with Crippen molar-refractivity contribution < 1.29 is 19.7 Å². The van der Waals surface area contributed by atoms with Crippen LogP contribution in [-0.4, -0.2) is 76.4 Å². The Morgan fingerprint density at radius 3 is 2.26 bits per heavy atom. The SMILES string of the molecule is COc1ccc(N(C)CC(=O)N2CCN(c3ccc(S(=O)[O-])cc3)CC2)cc1.Nc1ccncn1.[HH]. The van der Waals surface area contributed by atoms with Gasteiger partial charge in [0.05, 0.1) is 13.7 Å². The highest BCUT2D eigenvalue weighted by molar-refractivity contribution is 7.79. The summed E-state index contributed by atoms with van der Waals surface area (Å²) in [7, 11) is 3.53. The quantitative estimate of drug-likeness (QED) is 0.507. The second-order valence-electron chi connectivity index (χ2n) is 7.78. The average Bonchev–Trinajstić information content (AvgIpc) is 2.89. The van der Waals surface area contributed by atoms with Gasteiger partial charge in [0, 0.05) is 57.1 Å². The van der Waals surface area contributed by atoms with Crippen molar-refractivity contribution in [3.63, 3.8) is 0 Å². The Morgan fingerprint density at radius 1 is 1.11 bits per heavy atom. The normalized spacial score (nSPS) is 13.9. The van der Waals surface area contributed by atoms with Crippen LogP contribution in [-0.2, 0) is 15.9 Å². The first-order valence-electron chi connectivity index (χ1n) is 11.0. The molecular weight excluding hydrogens is 468 g/mol. The number of methoxy groups -OCH3 is 1. The third kappa shape index (κ3) is 7.66. The molecule has 10 nitrogen and oxygen atoms in total. The van der Waals surface area contributed by atoms with E-state index in [0.29, 0.717) is 25.5 Å². The van der Waals surface area contributed by atoms with Crippen LogP contribution in [0, 0.1) is 0 Å². The summed E-state index contributed by atoms with van der Waals surface area (Å²) in [5.41, 5.74) is 7.14. The number of likely N-dealkylation sites (N-methyl/N-ethyl adjacent to an activating group) is 1. The molecule has 0 saturated carbocycles. The molecule has 11 heteroatoms. The zero-order chi connectivity index (χ0) is 25.2. The van der Waals surface area contributed by atoms with Crippen LogP contribution in [0.5, 0.6) is 5.75 Å². The molecular formula is C24H31N6O4S-. The first kappa shape index (κ1) is 25.9. The van der Waals surface area contributed by atoms with Crippen molar-refractivity contribution in [3.8, 4) is 5.75 Å². The smallest absolute Gasteiger partial charge is 0.242 e. The summed E-state index contributed by atoms with van der Waals surface area (Å²) in [5.74, 6) is 1.39. The number of nitrogens with two attached hydrogens (primary N) is 1. The van der Waals surface area contributed by atoms with Gasteiger partial charge in [-0.05, 0) is 65.7 Å². The van der Waals surface area contributed by atoms with Crippen LogP contribution >= 0.6 is 0 Å². The minimum Gasteiger partial charge on any atom is -0.768 e. The lowest BCUT2D eigenvalue weighted by Crippen LogP contribution is -2.51. The Hall–Kier alpha value is -3.70. The lowest BCUT2D eigenvalue weighted by molar-refractivity contribution is -0.129. The molecule has 2 aromatic carbocycles. The first-order chi connectivity index (χ1) is 16.9. The molecule has 3 aromatic rings. The highest BCUT2D eigenvalue weighted by Crippen LogP contribution is 2.20. The van der Waals surface area contributed by atoms with Gasteiger partial charge in [-0.3, -0.25) is 9.00 Å². The Kier molecular flexibility index (Phi) is 9.39. The molecule has 1 aliphatic heterocycles. The number of benzene rings is 2. The van der Waals surface area contributed by atoms with Crippen LogP contribution in [0.25, 0.3) is 0 Å². The Balaban J connectivity index is 0.000000492. The van der Waals surface area contributed by atoms with Crippen LogP contribution < -0.4 is 20.3 Å². The average molecular weight is 500 g/mol. The summed E-state index contributed by atoms with van der Waals surface area (Å²) in [6.07, 6.45) is 3.01. The van der Waals surface area contributed by atoms with E-state index < -0.39 is 11.1 Å². The predicted octanol–water partition coefficient (Wildman–Crippen LogP) is 2.02. The van der Waals surface area contributed by atoms with Gasteiger partial charge < -0.3 is 29.7 Å². The van der Waals surface area contributed by atoms with Crippen LogP contribution in [0.4, 0.5) is 17.2 Å². The third-order valence-corrected chi connectivity index (χ3v) is 6.17. The van der Waals surface area contributed by atoms with E-state index in [2.05, 4.69) is 14.9 Å². The molecule has 1 saturated heterocycles. The fourth-order valence-corrected chi connectivity index (χ4v) is 3.87. The standard InChI is InChI=1S/C20H25N3O4S.C4H5N3.H2/c1-21(16-3-7-18(27-2)8-4-16)15-20(24)23-13-11-22(12-14-23)17-5-9-19(10-6-17)28(25)26;5-4-1-2-6-3-7-4;/h3-10H,11-15H2,1-2H3,(H,25,26);1-3H,(H2,5,6,7);1H/p-1. The summed E-state index contributed by atoms with van der Waals surface area (Å²) < 4.78 is 27.1. The van der Waals surface area contributed by atoms with E-state index in [9.17, 15) is 13.6 Å². The number of nitrogens with zero attached hydrogens (tertiary/aromatic N) is 5. The maximum absolute atomic E-state index is 12.6. The van der Waals surface area contributed by atoms with E-state index >= 15 is 0 Å². The first-order valence-corrected chi connectivity index (χ1v) is 12.0. The second-order valence-corrected chi connectivity index (χ2v) is 8.73. The third-order valence-electron chi connectivity index (χ3n) is 5.52. The van der Waals surface area contributed by atoms with Gasteiger partial charge in [0.25, 0.3) is 0 Å². The molecule has 0 radical (unpaired) electrons. The molecule has 1 atom stereocenters. The fraction of sp³-hybridized carbons (Fsp3) is 0.292. The molecule has 0 bridgehead atoms. The van der Waals surface area contributed by atoms with E-state index in [-0.39, 0.29) is 12.2 Å². The van der Waals surface area contributed by atoms with E-state index in [0.717, 1.165) is 30.2 Å². The molecule has 2 heterocycles. The highest BCUT2D eigenvalue weighted by atomic mass is 32.2. The number of hydrogen-bond donors (Lipinski definition) is 1. The molecule has 0 aliphatic carbocycles. The van der Waals surface area contributed by atoms with Crippen LogP contribution in [0.15, 0.2) is 72.0 Å². The number of hydrogen-bond acceptors (Lipinski definition) is 9. The van der Waals surface area contributed by atoms with Crippen LogP contribution in [0.2, 0.25) is 0 Å². The van der Waals surface area contributed by atoms with Crippen molar-refractivity contribution in [2.24, 2.45) is 0 Å². The van der Waals surface area contributed by atoms with Crippen LogP contribution in [0.3, 0.4) is 0 Å². The van der Waals surface area contributed by atoms with Gasteiger partial charge in [0.15, 0.2) is 0 Å². The van der Waals surface area contributed by atoms with Gasteiger partial charge in [-0.2, -0.15) is 0 Å². The monoisotopic (exact) mass is 499 g/mol. The van der Waals surface area contributed by atoms with Crippen molar-refractivity contribution in [1.82, 2.24) is 14.9 Å². The number of rotatable bonds is 6. The zero-order valence-electron chi connectivity index (χ0n) is 19.7. The zero-order valence-corrected chi connectivity index (χ0v) is 20.6. The fourth-order valence-electron chi connectivity index (χ4n) is 3.51. The molecule has 1 amide bonds. The summed E-state index contributed by atoms with van der Waals surface area (Å²) in [4.78, 5) is 26.2. The molecule has 35 heavy (non-hydrogen) atoms. The number of aromatic nitrogens is 2. The number of carbonyl (C=O) groups is 1. The van der Waals surface area contributed by atoms with Crippen molar-refractivity contribution in [2.75, 3.05) is 62.4 Å². The number of carbonyl (C=O) groups excluding carboxylic acids is 1. The molecule has 2 N–H and O–H groups in total. The van der Waals surface area contributed by atoms with Crippen molar-refractivity contribution in [2.45, 2.75) is 4.90 Å². The molecule has 1 unspecified atom stereocenters. The molecule has 0 spiro atoms. The second kappa shape index (κ2) is 12.7. The van der Waals surface area contributed by atoms with Gasteiger partial charge in [0.1, 0.15) is 17.9 Å². The lowest BCUT2D eigenvalue weighted by atomic mass is 10.2. The highest BCUT2D eigenvalue weighted by Gasteiger charge is 2.22. The van der Waals surface area contributed by atoms with Gasteiger partial charge in [-0.1, -0.05) is 0 Å². The van der Waals surface area contributed by atoms with E-state index in [4.69, 9.17) is 10.5 Å². The van der Waals surface area contributed by atoms with E-state index in [1.165, 1.54) is 6.33 Å². The maximum atomic E-state index is 12.6. The van der Waals surface area contributed by atoms with Gasteiger partial charge in [-0.25, -0.2) is 9.97 Å². The Labute approximate surface area is 209 Å². The number of amides is 1. The number of ether oxygens (including phenoxy) is 1. The molecule has 188 valence electrons. The Morgan fingerprint density at radius 2 is 1.77 bits per heavy atom. The van der Waals surface area contributed by atoms with Crippen LogP contribution in [0.1, 0.15) is 1.43 Å². The molecule has 1 aromatic heterocycles. The lowest BCUT2D eigenvalue weighted by Gasteiger charge is -2.37. The minimum atomic E-state index is -2.21. The largest absolute Gasteiger partial charge is 0.768 e. The van der Waals surface area contributed by atoms with Crippen molar-refractivity contribution in [3.05, 3.63) is 67.1 Å². The maximum Gasteiger partial charge on any atom is 0.242 e. The van der Waals surface area contributed by atoms with E-state index in [1.807, 2.05) is 41.1 Å². The molecule has 4 rings (SSSR count). The van der Waals surface area contributed by atoms with Gasteiger partial charge >= 0.3 is 0 Å². The predicted molar refractivity (Wildman–Crippen MR) is 137 cm³/mol. The summed E-state index contributed by atoms with van der Waals surface area (Å²) >= 11 is -2.21. The molecule has 1 aliphatic rings. The molecule has 1 fully saturated rings. The van der Waals surface area contributed by atoms with E-state index in [1.54, 1.807) is 43.6 Å². The van der Waals surface area contributed by atoms with Gasteiger partial charge in [0.2, 0.25) is 5.91 Å². The van der Waals surface area contributed by atoms with Crippen molar-refractivity contribution >= 4 is 34.2 Å². The number of anilines is 3. The topological polar surface area (TPSA) is 128 Å². The number of nitrogen functional groups attached to an aromatic ring is 1. The van der Waals surface area contributed by atoms with Gasteiger partial charge in [-0.15, -0.1) is 0 Å². The summed E-state index contributed by atoms with van der Waals surface area (Å²) in [5, 5.41) is 0.